The average Bonchev–Trinajstić information content (AvgIpc) is 3.06. The highest BCUT2D eigenvalue weighted by atomic mass is 28.3. The van der Waals surface area contributed by atoms with E-state index in [0.717, 1.165) is 0 Å². The van der Waals surface area contributed by atoms with Crippen LogP contribution in [0.5, 0.6) is 0 Å². The molecular weight excluding hydrogens is 503 g/mol. The van der Waals surface area contributed by atoms with E-state index in [2.05, 4.69) is 160 Å². The lowest BCUT2D eigenvalue weighted by Crippen LogP contribution is -2.70. The van der Waals surface area contributed by atoms with E-state index >= 15 is 0 Å². The smallest absolute Gasteiger partial charge is 0.176 e. The maximum absolute atomic E-state index is 2.77. The molecule has 40 heavy (non-hydrogen) atoms. The Hall–Kier alpha value is -3.24. The SMILES string of the molecule is CC1=C(C)C(C)C([Si](c2cc(C)cc(N(C)C)c2)(c2cc(C)cc(N(C)C)c2)c2cc(C)cc(N(C)C)c2)=C1C. The molecule has 0 aromatic heterocycles. The molecule has 3 aromatic carbocycles. The van der Waals surface area contributed by atoms with Crippen LogP contribution in [-0.4, -0.2) is 50.4 Å². The van der Waals surface area contributed by atoms with Crippen molar-refractivity contribution in [2.45, 2.75) is 48.5 Å². The molecule has 0 spiro atoms. The van der Waals surface area contributed by atoms with Crippen LogP contribution in [0.4, 0.5) is 17.1 Å². The number of aryl methyl sites for hydroxylation is 3. The Kier molecular flexibility index (Phi) is 8.15. The summed E-state index contributed by atoms with van der Waals surface area (Å²) in [5.41, 5.74) is 12.2. The van der Waals surface area contributed by atoms with Gasteiger partial charge < -0.3 is 14.7 Å². The molecular formula is C36H49N3Si. The van der Waals surface area contributed by atoms with Gasteiger partial charge in [0.05, 0.1) is 0 Å². The lowest BCUT2D eigenvalue weighted by molar-refractivity contribution is 0.851. The van der Waals surface area contributed by atoms with E-state index in [1.165, 1.54) is 66.0 Å². The van der Waals surface area contributed by atoms with Crippen molar-refractivity contribution < 1.29 is 0 Å². The lowest BCUT2D eigenvalue weighted by atomic mass is 10.1. The first kappa shape index (κ1) is 29.7. The molecule has 0 bridgehead atoms. The first-order valence-electron chi connectivity index (χ1n) is 14.5. The molecule has 212 valence electrons. The predicted octanol–water partition coefficient (Wildman–Crippen LogP) is 6.12. The van der Waals surface area contributed by atoms with Crippen molar-refractivity contribution in [1.29, 1.82) is 0 Å². The van der Waals surface area contributed by atoms with E-state index in [-0.39, 0.29) is 0 Å². The van der Waals surface area contributed by atoms with Crippen LogP contribution in [0.2, 0.25) is 0 Å². The second-order valence-electron chi connectivity index (χ2n) is 12.7. The Balaban J connectivity index is 2.32. The molecule has 1 aliphatic rings. The van der Waals surface area contributed by atoms with Crippen LogP contribution in [0.25, 0.3) is 0 Å². The van der Waals surface area contributed by atoms with Gasteiger partial charge in [0.25, 0.3) is 0 Å². The van der Waals surface area contributed by atoms with Crippen molar-refractivity contribution in [3.05, 3.63) is 93.2 Å². The van der Waals surface area contributed by atoms with Crippen molar-refractivity contribution in [2.24, 2.45) is 5.92 Å². The summed E-state index contributed by atoms with van der Waals surface area (Å²) in [5, 5.41) is 6.02. The van der Waals surface area contributed by atoms with E-state index in [1.54, 1.807) is 5.20 Å². The molecule has 0 aliphatic heterocycles. The van der Waals surface area contributed by atoms with E-state index in [0.29, 0.717) is 5.92 Å². The van der Waals surface area contributed by atoms with Gasteiger partial charge in [-0.25, -0.2) is 0 Å². The zero-order valence-electron chi connectivity index (χ0n) is 27.1. The summed E-state index contributed by atoms with van der Waals surface area (Å²) < 4.78 is 0. The third-order valence-electron chi connectivity index (χ3n) is 9.08. The highest BCUT2D eigenvalue weighted by Gasteiger charge is 2.49. The van der Waals surface area contributed by atoms with Gasteiger partial charge in [0.15, 0.2) is 8.07 Å². The number of hydrogen-bond donors (Lipinski definition) is 0. The van der Waals surface area contributed by atoms with Crippen molar-refractivity contribution in [1.82, 2.24) is 0 Å². The molecule has 0 amide bonds. The molecule has 0 N–H and O–H groups in total. The van der Waals surface area contributed by atoms with Gasteiger partial charge in [-0.2, -0.15) is 0 Å². The van der Waals surface area contributed by atoms with Gasteiger partial charge in [-0.15, -0.1) is 0 Å². The molecule has 3 nitrogen and oxygen atoms in total. The summed E-state index contributed by atoms with van der Waals surface area (Å²) >= 11 is 0. The molecule has 0 heterocycles. The summed E-state index contributed by atoms with van der Waals surface area (Å²) in [6.45, 7) is 16.3. The first-order chi connectivity index (χ1) is 18.7. The fourth-order valence-corrected chi connectivity index (χ4v) is 12.6. The maximum Gasteiger partial charge on any atom is 0.176 e. The van der Waals surface area contributed by atoms with Crippen molar-refractivity contribution in [2.75, 3.05) is 57.0 Å². The number of allylic oxidation sites excluding steroid dienone is 4. The largest absolute Gasteiger partial charge is 0.378 e. The summed E-state index contributed by atoms with van der Waals surface area (Å²) in [7, 11) is 10.2. The Labute approximate surface area is 244 Å². The van der Waals surface area contributed by atoms with Crippen molar-refractivity contribution >= 4 is 40.7 Å². The van der Waals surface area contributed by atoms with Gasteiger partial charge in [-0.3, -0.25) is 0 Å². The van der Waals surface area contributed by atoms with Crippen LogP contribution >= 0.6 is 0 Å². The van der Waals surface area contributed by atoms with Gasteiger partial charge in [-0.1, -0.05) is 41.5 Å². The fourth-order valence-electron chi connectivity index (χ4n) is 6.65. The minimum atomic E-state index is -2.77. The Morgan fingerprint density at radius 1 is 0.475 bits per heavy atom. The first-order valence-corrected chi connectivity index (χ1v) is 16.5. The highest BCUT2D eigenvalue weighted by molar-refractivity contribution is 7.16. The molecule has 1 atom stereocenters. The number of nitrogens with zero attached hydrogens (tertiary/aromatic N) is 3. The summed E-state index contributed by atoms with van der Waals surface area (Å²) in [5.74, 6) is 0.377. The van der Waals surface area contributed by atoms with Gasteiger partial charge >= 0.3 is 0 Å². The molecule has 0 radical (unpaired) electrons. The fraction of sp³-hybridized carbons (Fsp3) is 0.389. The Bertz CT molecular complexity index is 1370. The van der Waals surface area contributed by atoms with Crippen LogP contribution in [0.1, 0.15) is 44.4 Å². The number of rotatable bonds is 7. The highest BCUT2D eigenvalue weighted by Crippen LogP contribution is 2.42. The molecule has 3 aromatic rings. The van der Waals surface area contributed by atoms with Crippen LogP contribution in [0, 0.1) is 26.7 Å². The van der Waals surface area contributed by atoms with Crippen LogP contribution in [0.15, 0.2) is 76.5 Å². The van der Waals surface area contributed by atoms with Gasteiger partial charge in [0.1, 0.15) is 0 Å². The predicted molar refractivity (Wildman–Crippen MR) is 181 cm³/mol. The molecule has 4 heteroatoms. The molecule has 0 saturated heterocycles. The summed E-state index contributed by atoms with van der Waals surface area (Å²) in [6, 6.07) is 21.9. The average molecular weight is 552 g/mol. The van der Waals surface area contributed by atoms with E-state index in [4.69, 9.17) is 0 Å². The zero-order valence-corrected chi connectivity index (χ0v) is 28.1. The van der Waals surface area contributed by atoms with E-state index in [1.807, 2.05) is 0 Å². The quantitative estimate of drug-likeness (QED) is 0.259. The molecule has 0 saturated carbocycles. The lowest BCUT2D eigenvalue weighted by Gasteiger charge is -2.40. The Morgan fingerprint density at radius 3 is 1.05 bits per heavy atom. The number of anilines is 3. The van der Waals surface area contributed by atoms with E-state index < -0.39 is 8.07 Å². The second kappa shape index (κ2) is 11.0. The van der Waals surface area contributed by atoms with Crippen LogP contribution in [-0.2, 0) is 0 Å². The van der Waals surface area contributed by atoms with Crippen molar-refractivity contribution in [3.8, 4) is 0 Å². The van der Waals surface area contributed by atoms with Gasteiger partial charge in [0.2, 0.25) is 0 Å². The molecule has 1 unspecified atom stereocenters. The number of benzene rings is 3. The maximum atomic E-state index is 2.49. The van der Waals surface area contributed by atoms with Crippen molar-refractivity contribution in [3.63, 3.8) is 0 Å². The van der Waals surface area contributed by atoms with Gasteiger partial charge in [-0.05, 0) is 122 Å². The monoisotopic (exact) mass is 551 g/mol. The van der Waals surface area contributed by atoms with Crippen LogP contribution in [0.3, 0.4) is 0 Å². The van der Waals surface area contributed by atoms with Crippen LogP contribution < -0.4 is 30.3 Å². The standard InChI is InChI=1S/C36H49N3Si/c1-23-14-30(37(8)9)20-33(17-23)40(36-28(6)26(4)27(5)29(36)7,34-18-24(2)15-31(21-34)38(10)11)35-19-25(3)16-32(22-35)39(12)13/h14-22,28H,1-13H3. The third-order valence-corrected chi connectivity index (χ3v) is 14.2. The molecule has 4 rings (SSSR count). The summed E-state index contributed by atoms with van der Waals surface area (Å²) in [4.78, 5) is 6.77. The molecule has 0 fully saturated rings. The second-order valence-corrected chi connectivity index (χ2v) is 16.4. The normalized spacial score (nSPS) is 15.7. The topological polar surface area (TPSA) is 9.72 Å². The minimum Gasteiger partial charge on any atom is -0.378 e. The van der Waals surface area contributed by atoms with Gasteiger partial charge in [0, 0.05) is 59.3 Å². The Morgan fingerprint density at radius 2 is 0.800 bits per heavy atom. The minimum absolute atomic E-state index is 0.377. The third kappa shape index (κ3) is 5.03. The number of hydrogen-bond acceptors (Lipinski definition) is 3. The summed E-state index contributed by atoms with van der Waals surface area (Å²) in [6.07, 6.45) is 0. The van der Waals surface area contributed by atoms with E-state index in [9.17, 15) is 0 Å². The molecule has 1 aliphatic carbocycles. The zero-order chi connectivity index (χ0) is 29.7.